The molecule has 1 N–H and O–H groups in total. The number of rotatable bonds is 3. The van der Waals surface area contributed by atoms with Crippen LogP contribution in [0.15, 0.2) is 28.8 Å². The molecule has 1 aliphatic rings. The maximum absolute atomic E-state index is 5.83. The first-order valence-corrected chi connectivity index (χ1v) is 5.99. The number of nitrogens with one attached hydrogen (secondary N) is 1. The highest BCUT2D eigenvalue weighted by molar-refractivity contribution is 6.30. The first-order valence-electron chi connectivity index (χ1n) is 5.61. The Morgan fingerprint density at radius 3 is 2.76 bits per heavy atom. The Labute approximate surface area is 104 Å². The van der Waals surface area contributed by atoms with Crippen molar-refractivity contribution in [1.82, 2.24) is 15.5 Å². The minimum Gasteiger partial charge on any atom is -0.338 e. The molecule has 0 spiro atoms. The third-order valence-electron chi connectivity index (χ3n) is 2.88. The van der Waals surface area contributed by atoms with Crippen molar-refractivity contribution in [3.63, 3.8) is 0 Å². The summed E-state index contributed by atoms with van der Waals surface area (Å²) in [6.45, 7) is 1.03. The fourth-order valence-corrected chi connectivity index (χ4v) is 1.89. The normalized spacial score (nSPS) is 19.0. The second kappa shape index (κ2) is 4.47. The van der Waals surface area contributed by atoms with E-state index in [0.717, 1.165) is 29.4 Å². The predicted molar refractivity (Wildman–Crippen MR) is 63.9 cm³/mol. The van der Waals surface area contributed by atoms with Gasteiger partial charge in [-0.1, -0.05) is 28.9 Å². The molecule has 0 aliphatic carbocycles. The SMILES string of the molecule is Clc1ccc(Cc2noc([C@H]3CCN3)n2)cc1. The van der Waals surface area contributed by atoms with E-state index in [1.54, 1.807) is 0 Å². The van der Waals surface area contributed by atoms with Crippen LogP contribution in [0.3, 0.4) is 0 Å². The van der Waals surface area contributed by atoms with Gasteiger partial charge < -0.3 is 9.84 Å². The molecule has 0 unspecified atom stereocenters. The number of hydrogen-bond acceptors (Lipinski definition) is 4. The van der Waals surface area contributed by atoms with Gasteiger partial charge in [0.15, 0.2) is 5.82 Å². The molecule has 0 radical (unpaired) electrons. The van der Waals surface area contributed by atoms with Gasteiger partial charge in [0.1, 0.15) is 0 Å². The lowest BCUT2D eigenvalue weighted by molar-refractivity contribution is 0.272. The summed E-state index contributed by atoms with van der Waals surface area (Å²) in [4.78, 5) is 4.38. The molecule has 2 aromatic rings. The summed E-state index contributed by atoms with van der Waals surface area (Å²) < 4.78 is 5.21. The van der Waals surface area contributed by atoms with Crippen molar-refractivity contribution < 1.29 is 4.52 Å². The van der Waals surface area contributed by atoms with Crippen LogP contribution in [-0.4, -0.2) is 16.7 Å². The number of nitrogens with zero attached hydrogens (tertiary/aromatic N) is 2. The quantitative estimate of drug-likeness (QED) is 0.907. The van der Waals surface area contributed by atoms with E-state index in [1.807, 2.05) is 24.3 Å². The molecular formula is C12H12ClN3O. The van der Waals surface area contributed by atoms with Crippen LogP contribution in [-0.2, 0) is 6.42 Å². The molecule has 88 valence electrons. The highest BCUT2D eigenvalue weighted by atomic mass is 35.5. The van der Waals surface area contributed by atoms with Gasteiger partial charge in [0.2, 0.25) is 5.89 Å². The summed E-state index contributed by atoms with van der Waals surface area (Å²) in [6.07, 6.45) is 1.75. The Bertz CT molecular complexity index is 505. The van der Waals surface area contributed by atoms with Crippen LogP contribution in [0, 0.1) is 0 Å². The number of aromatic nitrogens is 2. The molecule has 1 atom stereocenters. The van der Waals surface area contributed by atoms with Gasteiger partial charge in [0.05, 0.1) is 6.04 Å². The van der Waals surface area contributed by atoms with Crippen molar-refractivity contribution in [2.24, 2.45) is 0 Å². The molecule has 1 aromatic heterocycles. The number of halogens is 1. The van der Waals surface area contributed by atoms with E-state index in [-0.39, 0.29) is 6.04 Å². The van der Waals surface area contributed by atoms with E-state index in [2.05, 4.69) is 15.5 Å². The van der Waals surface area contributed by atoms with Crippen molar-refractivity contribution in [2.45, 2.75) is 18.9 Å². The van der Waals surface area contributed by atoms with E-state index in [0.29, 0.717) is 12.3 Å². The molecule has 3 rings (SSSR count). The average Bonchev–Trinajstić information content (AvgIpc) is 2.67. The minimum absolute atomic E-state index is 0.251. The maximum Gasteiger partial charge on any atom is 0.243 e. The van der Waals surface area contributed by atoms with E-state index >= 15 is 0 Å². The van der Waals surface area contributed by atoms with Gasteiger partial charge in [-0.15, -0.1) is 0 Å². The third kappa shape index (κ3) is 2.33. The van der Waals surface area contributed by atoms with Gasteiger partial charge in [0, 0.05) is 11.4 Å². The largest absolute Gasteiger partial charge is 0.338 e. The molecule has 0 bridgehead atoms. The van der Waals surface area contributed by atoms with Gasteiger partial charge in [0.25, 0.3) is 0 Å². The van der Waals surface area contributed by atoms with Gasteiger partial charge >= 0.3 is 0 Å². The Balaban J connectivity index is 1.72. The Hall–Kier alpha value is -1.39. The fourth-order valence-electron chi connectivity index (χ4n) is 1.77. The van der Waals surface area contributed by atoms with Crippen molar-refractivity contribution >= 4 is 11.6 Å². The van der Waals surface area contributed by atoms with E-state index in [4.69, 9.17) is 16.1 Å². The molecule has 0 amide bonds. The molecule has 0 saturated carbocycles. The summed E-state index contributed by atoms with van der Waals surface area (Å²) >= 11 is 5.83. The molecule has 4 nitrogen and oxygen atoms in total. The molecule has 2 heterocycles. The first-order chi connectivity index (χ1) is 8.31. The second-order valence-electron chi connectivity index (χ2n) is 4.15. The van der Waals surface area contributed by atoms with E-state index in [1.165, 1.54) is 0 Å². The molecule has 1 saturated heterocycles. The zero-order valence-corrected chi connectivity index (χ0v) is 9.94. The Morgan fingerprint density at radius 1 is 1.35 bits per heavy atom. The highest BCUT2D eigenvalue weighted by Gasteiger charge is 2.24. The standard InChI is InChI=1S/C12H12ClN3O/c13-9-3-1-8(2-4-9)7-11-15-12(17-16-11)10-5-6-14-10/h1-4,10,14H,5-7H2/t10-/m1/s1. The topological polar surface area (TPSA) is 51.0 Å². The monoisotopic (exact) mass is 249 g/mol. The summed E-state index contributed by atoms with van der Waals surface area (Å²) in [6, 6.07) is 7.93. The molecular weight excluding hydrogens is 238 g/mol. The molecule has 17 heavy (non-hydrogen) atoms. The van der Waals surface area contributed by atoms with Crippen LogP contribution in [0.5, 0.6) is 0 Å². The van der Waals surface area contributed by atoms with Crippen LogP contribution in [0.2, 0.25) is 5.02 Å². The molecule has 5 heteroatoms. The lowest BCUT2D eigenvalue weighted by Crippen LogP contribution is -2.35. The van der Waals surface area contributed by atoms with Gasteiger partial charge in [-0.25, -0.2) is 0 Å². The van der Waals surface area contributed by atoms with Crippen LogP contribution in [0.4, 0.5) is 0 Å². The van der Waals surface area contributed by atoms with Crippen molar-refractivity contribution in [2.75, 3.05) is 6.54 Å². The van der Waals surface area contributed by atoms with Gasteiger partial charge in [-0.3, -0.25) is 0 Å². The lowest BCUT2D eigenvalue weighted by Gasteiger charge is -2.23. The number of hydrogen-bond donors (Lipinski definition) is 1. The van der Waals surface area contributed by atoms with Crippen LogP contribution in [0.1, 0.15) is 29.7 Å². The Kier molecular flexibility index (Phi) is 2.82. The zero-order valence-electron chi connectivity index (χ0n) is 9.19. The van der Waals surface area contributed by atoms with Gasteiger partial charge in [-0.05, 0) is 30.7 Å². The van der Waals surface area contributed by atoms with Gasteiger partial charge in [-0.2, -0.15) is 4.98 Å². The van der Waals surface area contributed by atoms with E-state index < -0.39 is 0 Å². The third-order valence-corrected chi connectivity index (χ3v) is 3.13. The predicted octanol–water partition coefficient (Wildman–Crippen LogP) is 2.35. The van der Waals surface area contributed by atoms with Crippen LogP contribution >= 0.6 is 11.6 Å². The van der Waals surface area contributed by atoms with Crippen molar-refractivity contribution in [1.29, 1.82) is 0 Å². The first kappa shape index (κ1) is 10.7. The van der Waals surface area contributed by atoms with Crippen molar-refractivity contribution in [3.8, 4) is 0 Å². The Morgan fingerprint density at radius 2 is 2.12 bits per heavy atom. The highest BCUT2D eigenvalue weighted by Crippen LogP contribution is 2.21. The second-order valence-corrected chi connectivity index (χ2v) is 4.58. The minimum atomic E-state index is 0.251. The number of benzene rings is 1. The summed E-state index contributed by atoms with van der Waals surface area (Å²) in [5, 5.41) is 7.95. The fraction of sp³-hybridized carbons (Fsp3) is 0.333. The molecule has 1 aromatic carbocycles. The summed E-state index contributed by atoms with van der Waals surface area (Å²) in [5.74, 6) is 1.41. The molecule has 1 fully saturated rings. The average molecular weight is 250 g/mol. The van der Waals surface area contributed by atoms with Crippen molar-refractivity contribution in [3.05, 3.63) is 46.6 Å². The molecule has 1 aliphatic heterocycles. The zero-order chi connectivity index (χ0) is 11.7. The smallest absolute Gasteiger partial charge is 0.243 e. The lowest BCUT2D eigenvalue weighted by atomic mass is 10.1. The maximum atomic E-state index is 5.83. The summed E-state index contributed by atoms with van der Waals surface area (Å²) in [5.41, 5.74) is 1.13. The van der Waals surface area contributed by atoms with E-state index in [9.17, 15) is 0 Å². The van der Waals surface area contributed by atoms with Crippen LogP contribution in [0.25, 0.3) is 0 Å². The van der Waals surface area contributed by atoms with Crippen LogP contribution < -0.4 is 5.32 Å². The summed E-state index contributed by atoms with van der Waals surface area (Å²) in [7, 11) is 0.